The van der Waals surface area contributed by atoms with E-state index in [1.165, 1.54) is 11.1 Å². The summed E-state index contributed by atoms with van der Waals surface area (Å²) in [6, 6.07) is 19.3. The summed E-state index contributed by atoms with van der Waals surface area (Å²) in [5.41, 5.74) is 2.68. The molecule has 2 N–H and O–H groups in total. The van der Waals surface area contributed by atoms with E-state index in [-0.39, 0.29) is 0 Å². The summed E-state index contributed by atoms with van der Waals surface area (Å²) in [5.74, 6) is 0.912. The lowest BCUT2D eigenvalue weighted by atomic mass is 10.1. The lowest BCUT2D eigenvalue weighted by Crippen LogP contribution is -2.83. The van der Waals surface area contributed by atoms with Crippen LogP contribution in [0.1, 0.15) is 24.1 Å². The van der Waals surface area contributed by atoms with Crippen molar-refractivity contribution in [2.45, 2.75) is 19.5 Å². The van der Waals surface area contributed by atoms with Crippen LogP contribution in [0.15, 0.2) is 54.6 Å². The Morgan fingerprint density at radius 2 is 1.67 bits per heavy atom. The fourth-order valence-corrected chi connectivity index (χ4v) is 1.97. The first kappa shape index (κ1) is 12.7. The van der Waals surface area contributed by atoms with Crippen molar-refractivity contribution in [1.29, 1.82) is 0 Å². The predicted molar refractivity (Wildman–Crippen MR) is 73.5 cm³/mol. The Morgan fingerprint density at radius 1 is 1.00 bits per heavy atom. The van der Waals surface area contributed by atoms with Crippen molar-refractivity contribution in [2.24, 2.45) is 0 Å². The van der Waals surface area contributed by atoms with Crippen LogP contribution >= 0.6 is 0 Å². The minimum Gasteiger partial charge on any atom is -0.497 e. The molecule has 0 aromatic heterocycles. The minimum atomic E-state index is 0.480. The standard InChI is InChI=1S/C16H19NO/c1-13(15-6-4-3-5-7-15)17-12-14-8-10-16(18-2)11-9-14/h3-11,13,17H,12H2,1-2H3/p+1/t13-/m0/s1. The van der Waals surface area contributed by atoms with Crippen LogP contribution in [0.25, 0.3) is 0 Å². The van der Waals surface area contributed by atoms with Gasteiger partial charge in [0.15, 0.2) is 0 Å². The quantitative estimate of drug-likeness (QED) is 0.856. The Morgan fingerprint density at radius 3 is 2.28 bits per heavy atom. The topological polar surface area (TPSA) is 25.8 Å². The Balaban J connectivity index is 1.91. The van der Waals surface area contributed by atoms with Crippen molar-refractivity contribution in [3.05, 3.63) is 65.7 Å². The average molecular weight is 242 g/mol. The summed E-state index contributed by atoms with van der Waals surface area (Å²) in [6.07, 6.45) is 0. The van der Waals surface area contributed by atoms with Crippen LogP contribution in [0.4, 0.5) is 0 Å². The molecule has 2 heteroatoms. The largest absolute Gasteiger partial charge is 0.497 e. The van der Waals surface area contributed by atoms with E-state index in [0.29, 0.717) is 6.04 Å². The van der Waals surface area contributed by atoms with E-state index >= 15 is 0 Å². The van der Waals surface area contributed by atoms with Gasteiger partial charge in [-0.15, -0.1) is 0 Å². The van der Waals surface area contributed by atoms with E-state index in [9.17, 15) is 0 Å². The molecule has 94 valence electrons. The zero-order chi connectivity index (χ0) is 12.8. The molecule has 0 radical (unpaired) electrons. The summed E-state index contributed by atoms with van der Waals surface area (Å²) in [6.45, 7) is 3.22. The third-order valence-corrected chi connectivity index (χ3v) is 3.19. The van der Waals surface area contributed by atoms with E-state index in [0.717, 1.165) is 12.3 Å². The molecule has 2 aromatic rings. The van der Waals surface area contributed by atoms with Crippen molar-refractivity contribution in [1.82, 2.24) is 0 Å². The second-order valence-corrected chi connectivity index (χ2v) is 4.49. The monoisotopic (exact) mass is 242 g/mol. The Labute approximate surface area is 109 Å². The number of hydrogen-bond donors (Lipinski definition) is 1. The van der Waals surface area contributed by atoms with E-state index in [2.05, 4.69) is 54.7 Å². The lowest BCUT2D eigenvalue weighted by Gasteiger charge is -2.11. The van der Waals surface area contributed by atoms with Crippen LogP contribution in [-0.2, 0) is 6.54 Å². The van der Waals surface area contributed by atoms with Gasteiger partial charge in [-0.25, -0.2) is 0 Å². The van der Waals surface area contributed by atoms with E-state index in [1.54, 1.807) is 7.11 Å². The highest BCUT2D eigenvalue weighted by Crippen LogP contribution is 2.11. The van der Waals surface area contributed by atoms with Gasteiger partial charge in [0.25, 0.3) is 0 Å². The highest BCUT2D eigenvalue weighted by Gasteiger charge is 2.07. The molecular formula is C16H20NO+. The number of quaternary nitrogens is 1. The summed E-state index contributed by atoms with van der Waals surface area (Å²) < 4.78 is 5.15. The molecule has 0 heterocycles. The molecule has 0 aliphatic rings. The maximum Gasteiger partial charge on any atom is 0.118 e. The predicted octanol–water partition coefficient (Wildman–Crippen LogP) is 2.52. The fraction of sp³-hybridized carbons (Fsp3) is 0.250. The number of hydrogen-bond acceptors (Lipinski definition) is 1. The second kappa shape index (κ2) is 6.22. The first-order valence-corrected chi connectivity index (χ1v) is 6.31. The van der Waals surface area contributed by atoms with E-state index in [4.69, 9.17) is 4.74 Å². The maximum absolute atomic E-state index is 5.15. The molecule has 0 aliphatic heterocycles. The molecule has 0 aliphatic carbocycles. The summed E-state index contributed by atoms with van der Waals surface area (Å²) in [5, 5.41) is 2.34. The minimum absolute atomic E-state index is 0.480. The van der Waals surface area contributed by atoms with Gasteiger partial charge in [0.05, 0.1) is 7.11 Å². The Kier molecular flexibility index (Phi) is 4.37. The number of rotatable bonds is 5. The van der Waals surface area contributed by atoms with Gasteiger partial charge in [-0.3, -0.25) is 0 Å². The number of nitrogens with two attached hydrogens (primary N) is 1. The van der Waals surface area contributed by atoms with Gasteiger partial charge in [0, 0.05) is 11.1 Å². The molecule has 0 saturated heterocycles. The molecular weight excluding hydrogens is 222 g/mol. The molecule has 18 heavy (non-hydrogen) atoms. The maximum atomic E-state index is 5.15. The highest BCUT2D eigenvalue weighted by molar-refractivity contribution is 5.26. The Hall–Kier alpha value is -1.80. The SMILES string of the molecule is COc1ccc(C[NH2+][C@@H](C)c2ccccc2)cc1. The van der Waals surface area contributed by atoms with Crippen LogP contribution in [0.2, 0.25) is 0 Å². The number of benzene rings is 2. The van der Waals surface area contributed by atoms with Gasteiger partial charge in [0.2, 0.25) is 0 Å². The molecule has 1 atom stereocenters. The summed E-state index contributed by atoms with van der Waals surface area (Å²) in [7, 11) is 1.69. The summed E-state index contributed by atoms with van der Waals surface area (Å²) in [4.78, 5) is 0. The van der Waals surface area contributed by atoms with Crippen LogP contribution < -0.4 is 10.1 Å². The molecule has 0 spiro atoms. The van der Waals surface area contributed by atoms with Crippen molar-refractivity contribution < 1.29 is 10.1 Å². The van der Waals surface area contributed by atoms with Gasteiger partial charge in [-0.1, -0.05) is 30.3 Å². The molecule has 2 rings (SSSR count). The van der Waals surface area contributed by atoms with Gasteiger partial charge in [-0.05, 0) is 31.2 Å². The molecule has 0 amide bonds. The zero-order valence-corrected chi connectivity index (χ0v) is 11.0. The molecule has 0 bridgehead atoms. The molecule has 0 unspecified atom stereocenters. The third kappa shape index (κ3) is 3.34. The van der Waals surface area contributed by atoms with Crippen molar-refractivity contribution in [2.75, 3.05) is 7.11 Å². The fourth-order valence-electron chi connectivity index (χ4n) is 1.97. The van der Waals surface area contributed by atoms with Crippen LogP contribution in [0.3, 0.4) is 0 Å². The Bertz CT molecular complexity index is 464. The van der Waals surface area contributed by atoms with Crippen molar-refractivity contribution in [3.8, 4) is 5.75 Å². The number of ether oxygens (including phenoxy) is 1. The normalized spacial score (nSPS) is 12.1. The molecule has 0 saturated carbocycles. The van der Waals surface area contributed by atoms with E-state index in [1.807, 2.05) is 12.1 Å². The molecule has 2 nitrogen and oxygen atoms in total. The second-order valence-electron chi connectivity index (χ2n) is 4.49. The average Bonchev–Trinajstić information content (AvgIpc) is 2.46. The smallest absolute Gasteiger partial charge is 0.118 e. The zero-order valence-electron chi connectivity index (χ0n) is 11.0. The van der Waals surface area contributed by atoms with Gasteiger partial charge < -0.3 is 10.1 Å². The number of methoxy groups -OCH3 is 1. The first-order valence-electron chi connectivity index (χ1n) is 6.31. The highest BCUT2D eigenvalue weighted by atomic mass is 16.5. The van der Waals surface area contributed by atoms with Crippen LogP contribution in [0, 0.1) is 0 Å². The molecule has 0 fully saturated rings. The van der Waals surface area contributed by atoms with Crippen LogP contribution in [-0.4, -0.2) is 7.11 Å². The van der Waals surface area contributed by atoms with E-state index < -0.39 is 0 Å². The van der Waals surface area contributed by atoms with Gasteiger partial charge >= 0.3 is 0 Å². The van der Waals surface area contributed by atoms with Gasteiger partial charge in [0.1, 0.15) is 18.3 Å². The van der Waals surface area contributed by atoms with Gasteiger partial charge in [-0.2, -0.15) is 0 Å². The van der Waals surface area contributed by atoms with Crippen molar-refractivity contribution >= 4 is 0 Å². The first-order chi connectivity index (χ1) is 8.79. The lowest BCUT2D eigenvalue weighted by molar-refractivity contribution is -0.707. The third-order valence-electron chi connectivity index (χ3n) is 3.19. The molecule has 2 aromatic carbocycles. The van der Waals surface area contributed by atoms with Crippen molar-refractivity contribution in [3.63, 3.8) is 0 Å². The summed E-state index contributed by atoms with van der Waals surface area (Å²) >= 11 is 0. The van der Waals surface area contributed by atoms with Crippen LogP contribution in [0.5, 0.6) is 5.75 Å².